The Balaban J connectivity index is 1.03. The van der Waals surface area contributed by atoms with E-state index < -0.39 is 0 Å². The van der Waals surface area contributed by atoms with Crippen molar-refractivity contribution in [3.8, 4) is 22.3 Å². The lowest BCUT2D eigenvalue weighted by atomic mass is 9.77. The van der Waals surface area contributed by atoms with Gasteiger partial charge in [-0.3, -0.25) is 0 Å². The van der Waals surface area contributed by atoms with Crippen molar-refractivity contribution >= 4 is 54.7 Å². The molecule has 0 amide bonds. The van der Waals surface area contributed by atoms with Gasteiger partial charge < -0.3 is 0 Å². The Morgan fingerprint density at radius 3 is 1.80 bits per heavy atom. The number of benzene rings is 8. The third kappa shape index (κ3) is 4.64. The summed E-state index contributed by atoms with van der Waals surface area (Å²) in [6, 6.07) is 43.0. The van der Waals surface area contributed by atoms with Crippen molar-refractivity contribution in [2.75, 3.05) is 0 Å². The van der Waals surface area contributed by atoms with Crippen LogP contribution in [0.3, 0.4) is 0 Å². The van der Waals surface area contributed by atoms with Gasteiger partial charge in [-0.1, -0.05) is 171 Å². The highest BCUT2D eigenvalue weighted by Crippen LogP contribution is 2.51. The Hall–Kier alpha value is -5.46. The summed E-state index contributed by atoms with van der Waals surface area (Å²) < 4.78 is 0. The van der Waals surface area contributed by atoms with Crippen molar-refractivity contribution in [2.24, 2.45) is 0 Å². The smallest absolute Gasteiger partial charge is 0.0159 e. The molecule has 0 aromatic heterocycles. The van der Waals surface area contributed by atoms with E-state index in [4.69, 9.17) is 0 Å². The first-order valence-electron chi connectivity index (χ1n) is 20.3. The topological polar surface area (TPSA) is 0 Å². The standard InChI is InChI=1S/C55H48/c1-53(2,3)39-25-35-11-9-31-13-19-41(45-23-17-37(27-39)49(35)51(31)45)33-15-21-43-44-22-16-34(30-48(44)55(7,8)47(43)29-33)42-20-14-32-10-12-36-26-40(54(4,5)6)28-38-18-24-46(42)52(32)50(36)38/h9,11-30,32H,10H2,1-8H3. The van der Waals surface area contributed by atoms with Gasteiger partial charge in [0.05, 0.1) is 0 Å². The van der Waals surface area contributed by atoms with Crippen LogP contribution >= 0.6 is 0 Å². The molecule has 0 spiro atoms. The molecule has 0 bridgehead atoms. The number of rotatable bonds is 2. The fourth-order valence-corrected chi connectivity index (χ4v) is 10.4. The van der Waals surface area contributed by atoms with Crippen LogP contribution in [0, 0.1) is 0 Å². The van der Waals surface area contributed by atoms with Gasteiger partial charge in [0.2, 0.25) is 0 Å². The van der Waals surface area contributed by atoms with E-state index in [1.165, 1.54) is 115 Å². The van der Waals surface area contributed by atoms with Gasteiger partial charge in [0.15, 0.2) is 0 Å². The maximum atomic E-state index is 2.51. The van der Waals surface area contributed by atoms with E-state index in [9.17, 15) is 0 Å². The second-order valence-electron chi connectivity index (χ2n) is 19.3. The van der Waals surface area contributed by atoms with E-state index >= 15 is 0 Å². The highest BCUT2D eigenvalue weighted by molar-refractivity contribution is 6.25. The van der Waals surface area contributed by atoms with Crippen molar-refractivity contribution in [1.82, 2.24) is 0 Å². The Morgan fingerprint density at radius 2 is 1.09 bits per heavy atom. The van der Waals surface area contributed by atoms with E-state index in [1.807, 2.05) is 0 Å². The molecule has 1 unspecified atom stereocenters. The van der Waals surface area contributed by atoms with Crippen LogP contribution in [0.2, 0.25) is 0 Å². The minimum Gasteiger partial charge on any atom is -0.0760 e. The maximum absolute atomic E-state index is 2.51. The van der Waals surface area contributed by atoms with Gasteiger partial charge in [0.1, 0.15) is 0 Å². The first-order valence-corrected chi connectivity index (χ1v) is 20.3. The zero-order chi connectivity index (χ0) is 37.8. The quantitative estimate of drug-likeness (QED) is 0.157. The van der Waals surface area contributed by atoms with E-state index in [1.54, 1.807) is 0 Å². The predicted molar refractivity (Wildman–Crippen MR) is 237 cm³/mol. The summed E-state index contributed by atoms with van der Waals surface area (Å²) in [5.41, 5.74) is 15.2. The molecule has 0 saturated carbocycles. The molecule has 1 atom stereocenters. The number of hydrogen-bond acceptors (Lipinski definition) is 0. The lowest BCUT2D eigenvalue weighted by molar-refractivity contribution is 0.590. The molecule has 3 aliphatic carbocycles. The van der Waals surface area contributed by atoms with Crippen molar-refractivity contribution in [1.29, 1.82) is 0 Å². The van der Waals surface area contributed by atoms with E-state index in [0.29, 0.717) is 5.92 Å². The third-order valence-corrected chi connectivity index (χ3v) is 13.6. The lowest BCUT2D eigenvalue weighted by Crippen LogP contribution is -2.26. The Bertz CT molecular complexity index is 3130. The monoisotopic (exact) mass is 708 g/mol. The van der Waals surface area contributed by atoms with Crippen LogP contribution in [0.15, 0.2) is 121 Å². The minimum absolute atomic E-state index is 0.103. The molecule has 0 aliphatic heterocycles. The van der Waals surface area contributed by atoms with Crippen molar-refractivity contribution in [3.05, 3.63) is 165 Å². The maximum Gasteiger partial charge on any atom is 0.0159 e. The summed E-state index contributed by atoms with van der Waals surface area (Å²) in [6.45, 7) is 18.7. The molecule has 0 fully saturated rings. The average molecular weight is 709 g/mol. The van der Waals surface area contributed by atoms with Gasteiger partial charge in [-0.05, 0) is 144 Å². The van der Waals surface area contributed by atoms with Crippen LogP contribution in [0.5, 0.6) is 0 Å². The summed E-state index contributed by atoms with van der Waals surface area (Å²) in [7, 11) is 0. The largest absolute Gasteiger partial charge is 0.0760 e. The van der Waals surface area contributed by atoms with Gasteiger partial charge in [0, 0.05) is 11.3 Å². The molecule has 55 heavy (non-hydrogen) atoms. The molecule has 0 saturated heterocycles. The van der Waals surface area contributed by atoms with Crippen LogP contribution < -0.4 is 10.4 Å². The van der Waals surface area contributed by atoms with Crippen molar-refractivity contribution < 1.29 is 0 Å². The van der Waals surface area contributed by atoms with Crippen LogP contribution in [0.25, 0.3) is 77.0 Å². The Labute approximate surface area is 324 Å². The summed E-state index contributed by atoms with van der Waals surface area (Å²) in [4.78, 5) is 0. The SMILES string of the molecule is CC(C)(C)c1cc2c3c4c(ccc3c1)=C(c1ccc3c(c1)C(C)(C)c1cc(-c5ccc6ccc7cc(C(C)(C)C)cc8ccc5c6c78)ccc1-3)C=CC4CC=2. The second kappa shape index (κ2) is 10.9. The molecule has 0 N–H and O–H groups in total. The summed E-state index contributed by atoms with van der Waals surface area (Å²) >= 11 is 0. The van der Waals surface area contributed by atoms with Crippen LogP contribution in [-0.2, 0) is 16.2 Å². The molecule has 11 rings (SSSR count). The van der Waals surface area contributed by atoms with E-state index in [0.717, 1.165) is 6.42 Å². The fraction of sp³-hybridized carbons (Fsp3) is 0.236. The van der Waals surface area contributed by atoms with Crippen LogP contribution in [-0.4, -0.2) is 0 Å². The second-order valence-corrected chi connectivity index (χ2v) is 19.3. The van der Waals surface area contributed by atoms with Crippen molar-refractivity contribution in [2.45, 2.75) is 84.0 Å². The molecule has 0 heterocycles. The molecular weight excluding hydrogens is 661 g/mol. The molecule has 3 aliphatic rings. The van der Waals surface area contributed by atoms with Gasteiger partial charge in [0.25, 0.3) is 0 Å². The van der Waals surface area contributed by atoms with Gasteiger partial charge in [-0.25, -0.2) is 0 Å². The number of hydrogen-bond donors (Lipinski definition) is 0. The Kier molecular flexibility index (Phi) is 6.50. The highest BCUT2D eigenvalue weighted by Gasteiger charge is 2.36. The average Bonchev–Trinajstić information content (AvgIpc) is 3.39. The van der Waals surface area contributed by atoms with E-state index in [-0.39, 0.29) is 16.2 Å². The molecule has 0 heteroatoms. The van der Waals surface area contributed by atoms with Gasteiger partial charge >= 0.3 is 0 Å². The van der Waals surface area contributed by atoms with E-state index in [2.05, 4.69) is 183 Å². The predicted octanol–water partition coefficient (Wildman–Crippen LogP) is 13.3. The van der Waals surface area contributed by atoms with Crippen LogP contribution in [0.1, 0.15) is 101 Å². The normalized spacial score (nSPS) is 17.0. The van der Waals surface area contributed by atoms with Crippen LogP contribution in [0.4, 0.5) is 0 Å². The molecule has 0 nitrogen and oxygen atoms in total. The van der Waals surface area contributed by atoms with Gasteiger partial charge in [-0.15, -0.1) is 0 Å². The lowest BCUT2D eigenvalue weighted by Gasteiger charge is -2.27. The molecule has 8 aromatic rings. The highest BCUT2D eigenvalue weighted by atomic mass is 14.4. The summed E-state index contributed by atoms with van der Waals surface area (Å²) in [5, 5.41) is 13.7. The fourth-order valence-electron chi connectivity index (χ4n) is 10.4. The van der Waals surface area contributed by atoms with Crippen molar-refractivity contribution in [3.63, 3.8) is 0 Å². The van der Waals surface area contributed by atoms with Gasteiger partial charge in [-0.2, -0.15) is 0 Å². The zero-order valence-corrected chi connectivity index (χ0v) is 33.4. The number of fused-ring (bicyclic) bond motifs is 3. The minimum atomic E-state index is -0.131. The molecule has 268 valence electrons. The first kappa shape index (κ1) is 32.9. The number of allylic oxidation sites excluding steroid dienone is 2. The molecule has 8 aromatic carbocycles. The first-order chi connectivity index (χ1) is 26.3. The Morgan fingerprint density at radius 1 is 0.527 bits per heavy atom. The molecule has 0 radical (unpaired) electrons. The third-order valence-electron chi connectivity index (χ3n) is 13.6. The summed E-state index contributed by atoms with van der Waals surface area (Å²) in [5.74, 6) is 0.435. The summed E-state index contributed by atoms with van der Waals surface area (Å²) in [6.07, 6.45) is 8.42. The molecular formula is C55H48. The zero-order valence-electron chi connectivity index (χ0n) is 33.4.